The molecule has 0 atom stereocenters. The van der Waals surface area contributed by atoms with E-state index in [1.54, 1.807) is 13.0 Å². The van der Waals surface area contributed by atoms with Crippen molar-refractivity contribution in [2.45, 2.75) is 37.7 Å². The van der Waals surface area contributed by atoms with Gasteiger partial charge in [-0.2, -0.15) is 0 Å². The van der Waals surface area contributed by atoms with E-state index in [1.165, 1.54) is 11.3 Å². The van der Waals surface area contributed by atoms with Gasteiger partial charge in [-0.25, -0.2) is 13.1 Å². The number of hydrogen-bond acceptors (Lipinski definition) is 5. The first-order valence-corrected chi connectivity index (χ1v) is 9.60. The van der Waals surface area contributed by atoms with E-state index in [4.69, 9.17) is 5.11 Å². The van der Waals surface area contributed by atoms with E-state index in [0.717, 1.165) is 37.2 Å². The summed E-state index contributed by atoms with van der Waals surface area (Å²) in [5.74, 6) is 0.612. The van der Waals surface area contributed by atoms with Gasteiger partial charge in [0.05, 0.1) is 11.5 Å². The molecule has 0 unspecified atom stereocenters. The Balaban J connectivity index is 1.88. The van der Waals surface area contributed by atoms with Crippen molar-refractivity contribution in [1.82, 2.24) is 9.62 Å². The Morgan fingerprint density at radius 2 is 2.10 bits per heavy atom. The summed E-state index contributed by atoms with van der Waals surface area (Å²) < 4.78 is 27.3. The van der Waals surface area contributed by atoms with Crippen molar-refractivity contribution < 1.29 is 13.5 Å². The lowest BCUT2D eigenvalue weighted by Gasteiger charge is -2.28. The van der Waals surface area contributed by atoms with Crippen molar-refractivity contribution >= 4 is 21.4 Å². The summed E-state index contributed by atoms with van der Waals surface area (Å²) >= 11 is 1.33. The lowest BCUT2D eigenvalue weighted by Crippen LogP contribution is -2.32. The normalized spacial score (nSPS) is 18.2. The lowest BCUT2D eigenvalue weighted by atomic mass is 9.94. The van der Waals surface area contributed by atoms with Crippen molar-refractivity contribution in [2.24, 2.45) is 5.92 Å². The van der Waals surface area contributed by atoms with Gasteiger partial charge in [-0.05, 0) is 58.3 Å². The number of aliphatic hydroxyl groups is 1. The van der Waals surface area contributed by atoms with E-state index in [-0.39, 0.29) is 6.61 Å². The summed E-state index contributed by atoms with van der Waals surface area (Å²) in [7, 11) is -1.33. The second kappa shape index (κ2) is 7.19. The summed E-state index contributed by atoms with van der Waals surface area (Å²) in [5.41, 5.74) is 0. The molecule has 0 aliphatic carbocycles. The Morgan fingerprint density at radius 3 is 2.67 bits per heavy atom. The third kappa shape index (κ3) is 4.50. The Labute approximate surface area is 131 Å². The van der Waals surface area contributed by atoms with Crippen LogP contribution in [-0.2, 0) is 16.6 Å². The van der Waals surface area contributed by atoms with E-state index in [2.05, 4.69) is 16.7 Å². The molecule has 21 heavy (non-hydrogen) atoms. The maximum absolute atomic E-state index is 12.3. The van der Waals surface area contributed by atoms with Crippen LogP contribution in [0, 0.1) is 12.8 Å². The molecule has 0 aromatic carbocycles. The van der Waals surface area contributed by atoms with Crippen molar-refractivity contribution in [1.29, 1.82) is 0 Å². The molecule has 1 aliphatic rings. The van der Waals surface area contributed by atoms with Crippen LogP contribution in [0.25, 0.3) is 0 Å². The lowest BCUT2D eigenvalue weighted by molar-refractivity contribution is 0.213. The number of rotatable bonds is 6. The van der Waals surface area contributed by atoms with Crippen molar-refractivity contribution in [3.05, 3.63) is 15.8 Å². The number of nitrogens with zero attached hydrogens (tertiary/aromatic N) is 1. The molecular weight excluding hydrogens is 308 g/mol. The van der Waals surface area contributed by atoms with Crippen LogP contribution >= 0.6 is 11.3 Å². The molecule has 120 valence electrons. The summed E-state index contributed by atoms with van der Waals surface area (Å²) in [5, 5.41) is 9.10. The number of sulfonamides is 1. The molecule has 5 nitrogen and oxygen atoms in total. The highest BCUT2D eigenvalue weighted by Gasteiger charge is 2.21. The van der Waals surface area contributed by atoms with E-state index >= 15 is 0 Å². The molecule has 0 spiro atoms. The average molecular weight is 332 g/mol. The van der Waals surface area contributed by atoms with Crippen LogP contribution in [0.15, 0.2) is 11.0 Å². The molecular formula is C14H24N2O3S2. The minimum atomic E-state index is -3.45. The molecule has 0 radical (unpaired) electrons. The maximum Gasteiger partial charge on any atom is 0.241 e. The standard InChI is InChI=1S/C14H24N2O3S2/c1-11-14(9-13(10-17)20-11)21(18,19)15-6-3-12-4-7-16(2)8-5-12/h9,12,15,17H,3-8,10H2,1-2H3. The molecule has 1 aliphatic heterocycles. The minimum Gasteiger partial charge on any atom is -0.391 e. The van der Waals surface area contributed by atoms with Crippen molar-refractivity contribution in [2.75, 3.05) is 26.7 Å². The van der Waals surface area contributed by atoms with Crippen molar-refractivity contribution in [3.8, 4) is 0 Å². The molecule has 2 rings (SSSR count). The van der Waals surface area contributed by atoms with Crippen molar-refractivity contribution in [3.63, 3.8) is 0 Å². The van der Waals surface area contributed by atoms with Crippen LogP contribution < -0.4 is 4.72 Å². The maximum atomic E-state index is 12.3. The summed E-state index contributed by atoms with van der Waals surface area (Å²) in [4.78, 5) is 4.03. The van der Waals surface area contributed by atoms with Crippen LogP contribution in [0.2, 0.25) is 0 Å². The van der Waals surface area contributed by atoms with Gasteiger partial charge >= 0.3 is 0 Å². The number of aliphatic hydroxyl groups excluding tert-OH is 1. The predicted octanol–water partition coefficient (Wildman–Crippen LogP) is 1.56. The monoisotopic (exact) mass is 332 g/mol. The van der Waals surface area contributed by atoms with Gasteiger partial charge in [0.2, 0.25) is 10.0 Å². The van der Waals surface area contributed by atoms with Gasteiger partial charge in [0.25, 0.3) is 0 Å². The van der Waals surface area contributed by atoms with E-state index in [0.29, 0.717) is 22.2 Å². The summed E-state index contributed by atoms with van der Waals surface area (Å²) in [6.45, 7) is 4.34. The molecule has 1 aromatic heterocycles. The van der Waals surface area contributed by atoms with Crippen LogP contribution in [0.1, 0.15) is 29.0 Å². The Hall–Kier alpha value is -0.470. The highest BCUT2D eigenvalue weighted by atomic mass is 32.2. The second-order valence-corrected chi connectivity index (χ2v) is 8.80. The zero-order valence-electron chi connectivity index (χ0n) is 12.6. The van der Waals surface area contributed by atoms with Gasteiger partial charge in [0.15, 0.2) is 0 Å². The van der Waals surface area contributed by atoms with E-state index in [9.17, 15) is 8.42 Å². The average Bonchev–Trinajstić information content (AvgIpc) is 2.83. The van der Waals surface area contributed by atoms with Crippen LogP contribution in [0.3, 0.4) is 0 Å². The molecule has 0 bridgehead atoms. The minimum absolute atomic E-state index is 0.114. The van der Waals surface area contributed by atoms with E-state index < -0.39 is 10.0 Å². The fraction of sp³-hybridized carbons (Fsp3) is 0.714. The summed E-state index contributed by atoms with van der Waals surface area (Å²) in [6.07, 6.45) is 3.18. The van der Waals surface area contributed by atoms with Gasteiger partial charge in [-0.1, -0.05) is 0 Å². The third-order valence-corrected chi connectivity index (χ3v) is 6.80. The number of likely N-dealkylation sites (tertiary alicyclic amines) is 1. The van der Waals surface area contributed by atoms with Crippen LogP contribution in [-0.4, -0.2) is 45.1 Å². The molecule has 1 saturated heterocycles. The zero-order valence-corrected chi connectivity index (χ0v) is 14.3. The molecule has 0 saturated carbocycles. The Bertz CT molecular complexity index is 561. The van der Waals surface area contributed by atoms with Gasteiger partial charge in [0.1, 0.15) is 0 Å². The van der Waals surface area contributed by atoms with E-state index in [1.807, 2.05) is 0 Å². The predicted molar refractivity (Wildman–Crippen MR) is 85.0 cm³/mol. The van der Waals surface area contributed by atoms with Gasteiger partial charge in [-0.15, -0.1) is 11.3 Å². The number of hydrogen-bond donors (Lipinski definition) is 2. The highest BCUT2D eigenvalue weighted by Crippen LogP contribution is 2.26. The number of aryl methyl sites for hydroxylation is 1. The summed E-state index contributed by atoms with van der Waals surface area (Å²) in [6, 6.07) is 1.57. The molecule has 2 N–H and O–H groups in total. The fourth-order valence-corrected chi connectivity index (χ4v) is 5.24. The smallest absolute Gasteiger partial charge is 0.241 e. The SMILES string of the molecule is Cc1sc(CO)cc1S(=O)(=O)NCCC1CCN(C)CC1. The largest absolute Gasteiger partial charge is 0.391 e. The number of piperidine rings is 1. The van der Waals surface area contributed by atoms with Gasteiger partial charge in [0, 0.05) is 16.3 Å². The first-order valence-electron chi connectivity index (χ1n) is 7.30. The fourth-order valence-electron chi connectivity index (χ4n) is 2.69. The topological polar surface area (TPSA) is 69.6 Å². The molecule has 2 heterocycles. The second-order valence-electron chi connectivity index (χ2n) is 5.72. The molecule has 1 fully saturated rings. The van der Waals surface area contributed by atoms with Crippen LogP contribution in [0.5, 0.6) is 0 Å². The third-order valence-electron chi connectivity index (χ3n) is 4.05. The highest BCUT2D eigenvalue weighted by molar-refractivity contribution is 7.89. The Morgan fingerprint density at radius 1 is 1.43 bits per heavy atom. The first-order chi connectivity index (χ1) is 9.92. The Kier molecular flexibility index (Phi) is 5.79. The van der Waals surface area contributed by atoms with Crippen LogP contribution in [0.4, 0.5) is 0 Å². The quantitative estimate of drug-likeness (QED) is 0.829. The molecule has 7 heteroatoms. The molecule has 0 amide bonds. The number of nitrogens with one attached hydrogen (secondary N) is 1. The molecule has 1 aromatic rings. The van der Waals surface area contributed by atoms with Gasteiger partial charge < -0.3 is 10.0 Å². The number of thiophene rings is 1. The van der Waals surface area contributed by atoms with Gasteiger partial charge in [-0.3, -0.25) is 0 Å². The first kappa shape index (κ1) is 16.9. The zero-order chi connectivity index (χ0) is 15.5.